The molecule has 1 saturated heterocycles. The molecule has 2 aliphatic rings. The SMILES string of the molecule is COc1ncc(-c2cc(C(F)(F)F)c3c(N)ncnn23)cc1C(=O)N[C@@H]1CN(C2CCCC2C)C[C@@H]1F. The number of carbonyl (C=O) groups is 1. The van der Waals surface area contributed by atoms with Crippen LogP contribution in [0.2, 0.25) is 0 Å². The number of rotatable bonds is 5. The summed E-state index contributed by atoms with van der Waals surface area (Å²) in [7, 11) is 1.32. The third kappa shape index (κ3) is 4.56. The van der Waals surface area contributed by atoms with Crippen LogP contribution in [0.1, 0.15) is 42.1 Å². The predicted octanol–water partition coefficient (Wildman–Crippen LogP) is 3.34. The number of alkyl halides is 4. The van der Waals surface area contributed by atoms with Crippen molar-refractivity contribution in [3.05, 3.63) is 35.8 Å². The van der Waals surface area contributed by atoms with E-state index in [1.807, 2.05) is 0 Å². The van der Waals surface area contributed by atoms with E-state index in [4.69, 9.17) is 10.5 Å². The Labute approximate surface area is 210 Å². The van der Waals surface area contributed by atoms with Crippen molar-refractivity contribution >= 4 is 17.2 Å². The van der Waals surface area contributed by atoms with Crippen LogP contribution in [0.3, 0.4) is 0 Å². The number of halogens is 4. The molecule has 1 aliphatic carbocycles. The van der Waals surface area contributed by atoms with Crippen LogP contribution in [0.4, 0.5) is 23.4 Å². The number of nitrogens with two attached hydrogens (primary N) is 1. The van der Waals surface area contributed by atoms with Gasteiger partial charge in [-0.2, -0.15) is 18.3 Å². The second-order valence-electron chi connectivity index (χ2n) is 9.65. The van der Waals surface area contributed by atoms with Crippen molar-refractivity contribution in [1.82, 2.24) is 29.8 Å². The van der Waals surface area contributed by atoms with Crippen LogP contribution in [-0.2, 0) is 6.18 Å². The fraction of sp³-hybridized carbons (Fsp3) is 0.500. The molecule has 4 heterocycles. The van der Waals surface area contributed by atoms with Gasteiger partial charge >= 0.3 is 6.18 Å². The number of hydrogen-bond acceptors (Lipinski definition) is 7. The number of anilines is 1. The van der Waals surface area contributed by atoms with E-state index in [9.17, 15) is 22.4 Å². The highest BCUT2D eigenvalue weighted by Crippen LogP contribution is 2.39. The van der Waals surface area contributed by atoms with Crippen LogP contribution in [0.5, 0.6) is 5.88 Å². The fourth-order valence-corrected chi connectivity index (χ4v) is 5.52. The highest BCUT2D eigenvalue weighted by atomic mass is 19.4. The lowest BCUT2D eigenvalue weighted by molar-refractivity contribution is -0.136. The standard InChI is InChI=1S/C24H27F4N7O2/c1-12-4-3-5-18(12)34-9-16(25)17(10-34)33-22(36)14-6-13(8-30-23(14)37-2)19-7-15(24(26,27)28)20-21(29)31-11-32-35(19)20/h6-8,11-12,16-18H,3-5,9-10H2,1-2H3,(H,33,36)(H2,29,31,32)/t12?,16-,17+,18?/m0/s1. The number of aromatic nitrogens is 4. The Balaban J connectivity index is 1.46. The second kappa shape index (κ2) is 9.43. The van der Waals surface area contributed by atoms with E-state index >= 15 is 0 Å². The van der Waals surface area contributed by atoms with E-state index < -0.39 is 35.4 Å². The van der Waals surface area contributed by atoms with E-state index in [2.05, 4.69) is 32.2 Å². The number of amides is 1. The maximum Gasteiger partial charge on any atom is 0.418 e. The first-order chi connectivity index (χ1) is 17.6. The first-order valence-electron chi connectivity index (χ1n) is 12.0. The Hall–Kier alpha value is -3.48. The molecule has 1 aliphatic heterocycles. The molecule has 1 saturated carbocycles. The third-order valence-electron chi connectivity index (χ3n) is 7.35. The molecule has 198 valence electrons. The van der Waals surface area contributed by atoms with Gasteiger partial charge in [-0.3, -0.25) is 9.69 Å². The summed E-state index contributed by atoms with van der Waals surface area (Å²) in [4.78, 5) is 23.1. The van der Waals surface area contributed by atoms with E-state index in [0.717, 1.165) is 36.2 Å². The summed E-state index contributed by atoms with van der Waals surface area (Å²) in [6.45, 7) is 2.78. The molecule has 13 heteroatoms. The summed E-state index contributed by atoms with van der Waals surface area (Å²) < 4.78 is 62.3. The third-order valence-corrected chi connectivity index (χ3v) is 7.35. The molecular weight excluding hydrogens is 494 g/mol. The van der Waals surface area contributed by atoms with E-state index in [0.29, 0.717) is 18.5 Å². The largest absolute Gasteiger partial charge is 0.480 e. The van der Waals surface area contributed by atoms with Gasteiger partial charge < -0.3 is 15.8 Å². The molecule has 0 radical (unpaired) electrons. The minimum absolute atomic E-state index is 0.00580. The molecule has 3 N–H and O–H groups in total. The average Bonchev–Trinajstić information content (AvgIpc) is 3.56. The highest BCUT2D eigenvalue weighted by Gasteiger charge is 2.41. The zero-order valence-corrected chi connectivity index (χ0v) is 20.3. The van der Waals surface area contributed by atoms with Crippen molar-refractivity contribution in [3.63, 3.8) is 0 Å². The van der Waals surface area contributed by atoms with Gasteiger partial charge in [0.25, 0.3) is 5.91 Å². The Morgan fingerprint density at radius 3 is 2.68 bits per heavy atom. The number of hydrogen-bond donors (Lipinski definition) is 2. The molecule has 37 heavy (non-hydrogen) atoms. The Morgan fingerprint density at radius 1 is 1.22 bits per heavy atom. The monoisotopic (exact) mass is 521 g/mol. The van der Waals surface area contributed by atoms with Gasteiger partial charge in [0.05, 0.1) is 24.4 Å². The van der Waals surface area contributed by atoms with E-state index in [1.54, 1.807) is 0 Å². The summed E-state index contributed by atoms with van der Waals surface area (Å²) >= 11 is 0. The van der Waals surface area contributed by atoms with Crippen molar-refractivity contribution in [3.8, 4) is 17.1 Å². The Bertz CT molecular complexity index is 1330. The van der Waals surface area contributed by atoms with Crippen molar-refractivity contribution in [1.29, 1.82) is 0 Å². The summed E-state index contributed by atoms with van der Waals surface area (Å²) in [5.74, 6) is -0.545. The van der Waals surface area contributed by atoms with Crippen molar-refractivity contribution in [2.75, 3.05) is 25.9 Å². The summed E-state index contributed by atoms with van der Waals surface area (Å²) in [5, 5.41) is 6.66. The molecule has 0 spiro atoms. The quantitative estimate of drug-likeness (QED) is 0.496. The van der Waals surface area contributed by atoms with Gasteiger partial charge in [0.15, 0.2) is 5.82 Å². The van der Waals surface area contributed by atoms with Crippen LogP contribution in [0.15, 0.2) is 24.7 Å². The topological polar surface area (TPSA) is 111 Å². The van der Waals surface area contributed by atoms with Gasteiger partial charge in [-0.25, -0.2) is 18.9 Å². The van der Waals surface area contributed by atoms with E-state index in [1.165, 1.54) is 19.4 Å². The fourth-order valence-electron chi connectivity index (χ4n) is 5.52. The molecule has 9 nitrogen and oxygen atoms in total. The Morgan fingerprint density at radius 2 is 2.00 bits per heavy atom. The number of likely N-dealkylation sites (tertiary alicyclic amines) is 1. The molecule has 5 rings (SSSR count). The minimum atomic E-state index is -4.72. The molecule has 3 aromatic heterocycles. The van der Waals surface area contributed by atoms with Crippen LogP contribution in [-0.4, -0.2) is 68.8 Å². The number of carbonyl (C=O) groups excluding carboxylic acids is 1. The molecule has 0 aromatic carbocycles. The zero-order valence-electron chi connectivity index (χ0n) is 20.3. The minimum Gasteiger partial charge on any atom is -0.480 e. The molecule has 2 unspecified atom stereocenters. The first kappa shape index (κ1) is 25.2. The number of pyridine rings is 1. The maximum absolute atomic E-state index is 14.9. The number of nitrogens with one attached hydrogen (secondary N) is 1. The van der Waals surface area contributed by atoms with Gasteiger partial charge in [0, 0.05) is 30.9 Å². The Kier molecular flexibility index (Phi) is 6.42. The predicted molar refractivity (Wildman–Crippen MR) is 127 cm³/mol. The number of fused-ring (bicyclic) bond motifs is 1. The smallest absolute Gasteiger partial charge is 0.418 e. The lowest BCUT2D eigenvalue weighted by Gasteiger charge is -2.27. The van der Waals surface area contributed by atoms with E-state index in [-0.39, 0.29) is 35.1 Å². The van der Waals surface area contributed by atoms with Crippen LogP contribution in [0, 0.1) is 5.92 Å². The average molecular weight is 522 g/mol. The van der Waals surface area contributed by atoms with Gasteiger partial charge in [-0.15, -0.1) is 0 Å². The lowest BCUT2D eigenvalue weighted by atomic mass is 10.1. The zero-order chi connectivity index (χ0) is 26.5. The summed E-state index contributed by atoms with van der Waals surface area (Å²) in [5.41, 5.74) is 4.44. The molecule has 4 atom stereocenters. The number of ether oxygens (including phenoxy) is 1. The number of nitrogens with zero attached hydrogens (tertiary/aromatic N) is 5. The normalized spacial score (nSPS) is 24.6. The van der Waals surface area contributed by atoms with Crippen molar-refractivity contribution in [2.24, 2.45) is 5.92 Å². The first-order valence-corrected chi connectivity index (χ1v) is 12.0. The molecule has 0 bridgehead atoms. The maximum atomic E-state index is 14.9. The summed E-state index contributed by atoms with van der Waals surface area (Å²) in [6.07, 6.45) is -0.444. The number of nitrogen functional groups attached to an aromatic ring is 1. The highest BCUT2D eigenvalue weighted by molar-refractivity contribution is 5.98. The molecule has 3 aromatic rings. The van der Waals surface area contributed by atoms with Gasteiger partial charge in [-0.05, 0) is 30.9 Å². The van der Waals surface area contributed by atoms with Crippen LogP contribution >= 0.6 is 0 Å². The molecule has 1 amide bonds. The van der Waals surface area contributed by atoms with Crippen molar-refractivity contribution in [2.45, 2.75) is 50.6 Å². The van der Waals surface area contributed by atoms with Crippen molar-refractivity contribution < 1.29 is 27.1 Å². The van der Waals surface area contributed by atoms with Gasteiger partial charge in [-0.1, -0.05) is 13.3 Å². The lowest BCUT2D eigenvalue weighted by Crippen LogP contribution is -2.42. The van der Waals surface area contributed by atoms with Gasteiger partial charge in [0.2, 0.25) is 5.88 Å². The summed E-state index contributed by atoms with van der Waals surface area (Å²) in [6, 6.07) is 1.79. The van der Waals surface area contributed by atoms with Crippen LogP contribution < -0.4 is 15.8 Å². The molecular formula is C24H27F4N7O2. The van der Waals surface area contributed by atoms with Gasteiger partial charge in [0.1, 0.15) is 23.6 Å². The molecule has 2 fully saturated rings. The second-order valence-corrected chi connectivity index (χ2v) is 9.65. The number of methoxy groups -OCH3 is 1. The van der Waals surface area contributed by atoms with Crippen LogP contribution in [0.25, 0.3) is 16.8 Å².